The minimum atomic E-state index is -0.407. The quantitative estimate of drug-likeness (QED) is 0.805. The Bertz CT molecular complexity index is 454. The summed E-state index contributed by atoms with van der Waals surface area (Å²) in [6.07, 6.45) is 0.608. The van der Waals surface area contributed by atoms with Gasteiger partial charge >= 0.3 is 0 Å². The molecule has 5 heteroatoms. The van der Waals surface area contributed by atoms with Gasteiger partial charge in [0.1, 0.15) is 11.5 Å². The van der Waals surface area contributed by atoms with Crippen molar-refractivity contribution in [2.45, 2.75) is 40.2 Å². The number of carbonyl (C=O) groups is 1. The zero-order valence-electron chi connectivity index (χ0n) is 11.2. The maximum atomic E-state index is 12.0. The lowest BCUT2D eigenvalue weighted by Crippen LogP contribution is -2.38. The van der Waals surface area contributed by atoms with Gasteiger partial charge in [-0.2, -0.15) is 0 Å². The molecule has 0 aliphatic heterocycles. The van der Waals surface area contributed by atoms with Crippen LogP contribution >= 0.6 is 12.2 Å². The van der Waals surface area contributed by atoms with Crippen molar-refractivity contribution in [1.82, 2.24) is 5.32 Å². The molecule has 2 atom stereocenters. The summed E-state index contributed by atoms with van der Waals surface area (Å²) in [6.45, 7) is 7.58. The first kappa shape index (κ1) is 14.7. The molecule has 0 bridgehead atoms. The predicted molar refractivity (Wildman–Crippen MR) is 75.3 cm³/mol. The maximum absolute atomic E-state index is 12.0. The highest BCUT2D eigenvalue weighted by Gasteiger charge is 2.22. The van der Waals surface area contributed by atoms with Crippen LogP contribution in [-0.2, 0) is 4.79 Å². The summed E-state index contributed by atoms with van der Waals surface area (Å²) in [5.74, 6) is 1.13. The highest BCUT2D eigenvalue weighted by molar-refractivity contribution is 7.80. The second-order valence-electron chi connectivity index (χ2n) is 4.46. The molecule has 4 nitrogen and oxygen atoms in total. The molecule has 0 radical (unpaired) electrons. The molecule has 0 saturated carbocycles. The summed E-state index contributed by atoms with van der Waals surface area (Å²) < 4.78 is 5.45. The molecule has 1 aromatic rings. The number of furan rings is 1. The molecule has 0 saturated heterocycles. The van der Waals surface area contributed by atoms with E-state index in [0.717, 1.165) is 17.1 Å². The largest absolute Gasteiger partial charge is 0.466 e. The number of hydrogen-bond acceptors (Lipinski definition) is 3. The fraction of sp³-hybridized carbons (Fsp3) is 0.538. The van der Waals surface area contributed by atoms with Gasteiger partial charge in [0.15, 0.2) is 0 Å². The van der Waals surface area contributed by atoms with Crippen molar-refractivity contribution in [2.75, 3.05) is 0 Å². The summed E-state index contributed by atoms with van der Waals surface area (Å²) in [5.41, 5.74) is 6.53. The molecule has 100 valence electrons. The van der Waals surface area contributed by atoms with E-state index in [-0.39, 0.29) is 16.9 Å². The van der Waals surface area contributed by atoms with E-state index in [9.17, 15) is 4.79 Å². The smallest absolute Gasteiger partial charge is 0.230 e. The number of carbonyl (C=O) groups excluding carboxylic acids is 1. The van der Waals surface area contributed by atoms with Crippen LogP contribution in [0.15, 0.2) is 10.5 Å². The lowest BCUT2D eigenvalue weighted by atomic mass is 10.0. The fourth-order valence-electron chi connectivity index (χ4n) is 1.99. The van der Waals surface area contributed by atoms with Crippen LogP contribution in [0.1, 0.15) is 43.4 Å². The predicted octanol–water partition coefficient (Wildman–Crippen LogP) is 2.39. The van der Waals surface area contributed by atoms with Crippen molar-refractivity contribution in [1.29, 1.82) is 0 Å². The van der Waals surface area contributed by atoms with Gasteiger partial charge in [-0.25, -0.2) is 0 Å². The molecule has 0 spiro atoms. The minimum Gasteiger partial charge on any atom is -0.466 e. The minimum absolute atomic E-state index is 0.113. The summed E-state index contributed by atoms with van der Waals surface area (Å²) >= 11 is 4.89. The van der Waals surface area contributed by atoms with Gasteiger partial charge in [-0.3, -0.25) is 4.79 Å². The molecular formula is C13H20N2O2S. The Morgan fingerprint density at radius 1 is 1.56 bits per heavy atom. The first-order valence-corrected chi connectivity index (χ1v) is 6.44. The van der Waals surface area contributed by atoms with Crippen LogP contribution in [0.2, 0.25) is 0 Å². The molecule has 18 heavy (non-hydrogen) atoms. The van der Waals surface area contributed by atoms with Gasteiger partial charge in [0, 0.05) is 5.56 Å². The fourth-order valence-corrected chi connectivity index (χ4v) is 2.26. The molecule has 0 aliphatic carbocycles. The molecule has 1 rings (SSSR count). The van der Waals surface area contributed by atoms with Crippen molar-refractivity contribution < 1.29 is 9.21 Å². The molecular weight excluding hydrogens is 248 g/mol. The number of thiocarbonyl (C=S) groups is 1. The van der Waals surface area contributed by atoms with Crippen molar-refractivity contribution in [3.8, 4) is 0 Å². The third-order valence-electron chi connectivity index (χ3n) is 2.97. The molecule has 1 heterocycles. The average Bonchev–Trinajstić information content (AvgIpc) is 2.58. The van der Waals surface area contributed by atoms with Gasteiger partial charge in [0.2, 0.25) is 5.91 Å². The van der Waals surface area contributed by atoms with Gasteiger partial charge < -0.3 is 15.5 Å². The van der Waals surface area contributed by atoms with Crippen LogP contribution in [0, 0.1) is 19.8 Å². The van der Waals surface area contributed by atoms with E-state index in [1.54, 1.807) is 0 Å². The van der Waals surface area contributed by atoms with Crippen LogP contribution in [0.3, 0.4) is 0 Å². The molecule has 3 N–H and O–H groups in total. The molecule has 0 aromatic carbocycles. The van der Waals surface area contributed by atoms with Crippen molar-refractivity contribution in [3.05, 3.63) is 23.2 Å². The number of amides is 1. The standard InChI is InChI=1S/C13H20N2O2S/c1-5-10(12(14)18)13(16)15-8(3)11-6-7(2)17-9(11)4/h6,8,10H,5H2,1-4H3,(H2,14,18)(H,15,16). The highest BCUT2D eigenvalue weighted by Crippen LogP contribution is 2.21. The third-order valence-corrected chi connectivity index (χ3v) is 3.26. The average molecular weight is 268 g/mol. The SMILES string of the molecule is CCC(C(=O)NC(C)c1cc(C)oc1C)C(N)=S. The molecule has 1 aromatic heterocycles. The van der Waals surface area contributed by atoms with Gasteiger partial charge in [-0.15, -0.1) is 0 Å². The van der Waals surface area contributed by atoms with Gasteiger partial charge in [-0.05, 0) is 33.3 Å². The lowest BCUT2D eigenvalue weighted by molar-refractivity contribution is -0.123. The molecule has 2 unspecified atom stereocenters. The van der Waals surface area contributed by atoms with E-state index >= 15 is 0 Å². The lowest BCUT2D eigenvalue weighted by Gasteiger charge is -2.18. The summed E-state index contributed by atoms with van der Waals surface area (Å²) in [6, 6.07) is 1.82. The van der Waals surface area contributed by atoms with Gasteiger partial charge in [0.05, 0.1) is 16.9 Å². The maximum Gasteiger partial charge on any atom is 0.230 e. The van der Waals surface area contributed by atoms with Crippen LogP contribution in [0.4, 0.5) is 0 Å². The Labute approximate surface area is 113 Å². The van der Waals surface area contributed by atoms with Gasteiger partial charge in [-0.1, -0.05) is 19.1 Å². The van der Waals surface area contributed by atoms with E-state index in [4.69, 9.17) is 22.4 Å². The Balaban J connectivity index is 2.76. The first-order valence-electron chi connectivity index (χ1n) is 6.03. The summed E-state index contributed by atoms with van der Waals surface area (Å²) in [4.78, 5) is 12.2. The van der Waals surface area contributed by atoms with E-state index in [1.165, 1.54) is 0 Å². The van der Waals surface area contributed by atoms with Crippen LogP contribution in [0.25, 0.3) is 0 Å². The zero-order chi connectivity index (χ0) is 13.9. The second kappa shape index (κ2) is 6.00. The first-order chi connectivity index (χ1) is 8.36. The summed E-state index contributed by atoms with van der Waals surface area (Å²) in [7, 11) is 0. The Morgan fingerprint density at radius 3 is 2.56 bits per heavy atom. The van der Waals surface area contributed by atoms with Gasteiger partial charge in [0.25, 0.3) is 0 Å². The Morgan fingerprint density at radius 2 is 2.17 bits per heavy atom. The topological polar surface area (TPSA) is 68.3 Å². The Hall–Kier alpha value is -1.36. The van der Waals surface area contributed by atoms with E-state index in [0.29, 0.717) is 6.42 Å². The van der Waals surface area contributed by atoms with E-state index < -0.39 is 5.92 Å². The second-order valence-corrected chi connectivity index (χ2v) is 4.93. The van der Waals surface area contributed by atoms with E-state index in [1.807, 2.05) is 33.8 Å². The monoisotopic (exact) mass is 268 g/mol. The number of rotatable bonds is 5. The number of hydrogen-bond donors (Lipinski definition) is 2. The highest BCUT2D eigenvalue weighted by atomic mass is 32.1. The Kier molecular flexibility index (Phi) is 4.90. The number of nitrogens with one attached hydrogen (secondary N) is 1. The van der Waals surface area contributed by atoms with Crippen molar-refractivity contribution in [2.24, 2.45) is 11.7 Å². The molecule has 0 fully saturated rings. The zero-order valence-corrected chi connectivity index (χ0v) is 12.1. The van der Waals surface area contributed by atoms with Crippen LogP contribution < -0.4 is 11.1 Å². The van der Waals surface area contributed by atoms with Crippen LogP contribution in [0.5, 0.6) is 0 Å². The number of nitrogens with two attached hydrogens (primary N) is 1. The van der Waals surface area contributed by atoms with E-state index in [2.05, 4.69) is 5.32 Å². The van der Waals surface area contributed by atoms with Crippen molar-refractivity contribution >= 4 is 23.1 Å². The van der Waals surface area contributed by atoms with Crippen molar-refractivity contribution in [3.63, 3.8) is 0 Å². The number of aryl methyl sites for hydroxylation is 2. The summed E-state index contributed by atoms with van der Waals surface area (Å²) in [5, 5.41) is 2.92. The third kappa shape index (κ3) is 3.32. The normalized spacial score (nSPS) is 14.0. The molecule has 0 aliphatic rings. The van der Waals surface area contributed by atoms with Crippen LogP contribution in [-0.4, -0.2) is 10.9 Å². The molecule has 1 amide bonds.